The zero-order valence-corrected chi connectivity index (χ0v) is 17.5. The van der Waals surface area contributed by atoms with Gasteiger partial charge in [0.1, 0.15) is 28.4 Å². The van der Waals surface area contributed by atoms with Crippen LogP contribution in [0, 0.1) is 11.6 Å². The molecule has 8 nitrogen and oxygen atoms in total. The number of anilines is 1. The molecule has 0 radical (unpaired) electrons. The first kappa shape index (κ1) is 20.6. The number of hydrogen-bond acceptors (Lipinski definition) is 7. The lowest BCUT2D eigenvalue weighted by atomic mass is 9.99. The molecule has 5 rings (SSSR count). The maximum atomic E-state index is 14.5. The van der Waals surface area contributed by atoms with Crippen LogP contribution in [-0.2, 0) is 0 Å². The number of imidazole rings is 1. The van der Waals surface area contributed by atoms with Crippen LogP contribution < -0.4 is 15.5 Å². The highest BCUT2D eigenvalue weighted by atomic mass is 19.1. The summed E-state index contributed by atoms with van der Waals surface area (Å²) in [6, 6.07) is 9.09. The number of H-pyrrole nitrogens is 1. The Hall–Kier alpha value is -4.34. The van der Waals surface area contributed by atoms with Crippen molar-refractivity contribution in [1.82, 2.24) is 19.9 Å². The summed E-state index contributed by atoms with van der Waals surface area (Å²) in [6.45, 7) is 1.74. The predicted molar refractivity (Wildman–Crippen MR) is 118 cm³/mol. The van der Waals surface area contributed by atoms with E-state index in [0.717, 1.165) is 0 Å². The third kappa shape index (κ3) is 3.55. The number of hydrogen-bond donors (Lipinski definition) is 2. The van der Waals surface area contributed by atoms with Crippen LogP contribution in [0.25, 0.3) is 33.3 Å². The highest BCUT2D eigenvalue weighted by molar-refractivity contribution is 5.85. The molecule has 3 aromatic heterocycles. The number of ether oxygens (including phenoxy) is 1. The first-order valence-corrected chi connectivity index (χ1v) is 9.99. The summed E-state index contributed by atoms with van der Waals surface area (Å²) >= 11 is 0. The van der Waals surface area contributed by atoms with E-state index in [9.17, 15) is 13.6 Å². The minimum absolute atomic E-state index is 0.0476. The van der Waals surface area contributed by atoms with Crippen LogP contribution in [0.5, 0.6) is 6.01 Å². The Bertz CT molecular complexity index is 1560. The Kier molecular flexibility index (Phi) is 4.97. The van der Waals surface area contributed by atoms with Gasteiger partial charge in [0, 0.05) is 0 Å². The third-order valence-electron chi connectivity index (χ3n) is 5.20. The van der Waals surface area contributed by atoms with Crippen LogP contribution in [-0.4, -0.2) is 27.0 Å². The van der Waals surface area contributed by atoms with Crippen molar-refractivity contribution in [2.75, 3.05) is 12.4 Å². The van der Waals surface area contributed by atoms with Gasteiger partial charge in [0.25, 0.3) is 0 Å². The first-order chi connectivity index (χ1) is 16.0. The fourth-order valence-corrected chi connectivity index (χ4v) is 3.72. The van der Waals surface area contributed by atoms with E-state index >= 15 is 0 Å². The molecule has 33 heavy (non-hydrogen) atoms. The number of benzene rings is 2. The largest absolute Gasteiger partial charge is 0.467 e. The number of aromatic amines is 1. The van der Waals surface area contributed by atoms with E-state index in [1.807, 2.05) is 0 Å². The summed E-state index contributed by atoms with van der Waals surface area (Å²) < 4.78 is 39.7. The van der Waals surface area contributed by atoms with Gasteiger partial charge >= 0.3 is 6.01 Å². The zero-order chi connectivity index (χ0) is 23.1. The molecule has 0 aliphatic heterocycles. The average Bonchev–Trinajstić information content (AvgIpc) is 3.27. The van der Waals surface area contributed by atoms with Gasteiger partial charge in [-0.15, -0.1) is 0 Å². The molecule has 3 heterocycles. The van der Waals surface area contributed by atoms with Crippen molar-refractivity contribution in [3.8, 4) is 17.1 Å². The smallest absolute Gasteiger partial charge is 0.320 e. The van der Waals surface area contributed by atoms with Gasteiger partial charge in [-0.2, -0.15) is 9.97 Å². The molecular weight excluding hydrogens is 432 g/mol. The first-order valence-electron chi connectivity index (χ1n) is 9.99. The predicted octanol–water partition coefficient (Wildman–Crippen LogP) is 4.59. The minimum atomic E-state index is -0.718. The number of aromatic nitrogens is 4. The second-order valence-electron chi connectivity index (χ2n) is 7.32. The van der Waals surface area contributed by atoms with Gasteiger partial charge in [-0.05, 0) is 36.8 Å². The Morgan fingerprint density at radius 1 is 1.15 bits per heavy atom. The van der Waals surface area contributed by atoms with Gasteiger partial charge < -0.3 is 19.5 Å². The molecule has 10 heteroatoms. The molecule has 0 unspecified atom stereocenters. The topological polar surface area (TPSA) is 106 Å². The summed E-state index contributed by atoms with van der Waals surface area (Å²) in [7, 11) is 1.43. The summed E-state index contributed by atoms with van der Waals surface area (Å²) in [4.78, 5) is 29.0. The standard InChI is InChI=1S/C23H17F2N5O3/c1-11(28-22-18-21(27-10-26-18)29-23(30-22)32-2)20-16(12-5-3-6-13(24)9-12)19(31)17-14(25)7-4-8-15(17)33-20/h3-11H,1-2H3,(H2,26,27,28,29,30)/t11-/m1/s1. The van der Waals surface area contributed by atoms with E-state index in [2.05, 4.69) is 25.3 Å². The van der Waals surface area contributed by atoms with E-state index in [0.29, 0.717) is 17.0 Å². The number of halogens is 2. The van der Waals surface area contributed by atoms with E-state index in [1.54, 1.807) is 13.0 Å². The average molecular weight is 449 g/mol. The molecule has 0 amide bonds. The molecule has 0 aliphatic carbocycles. The highest BCUT2D eigenvalue weighted by Gasteiger charge is 2.24. The Balaban J connectivity index is 1.71. The van der Waals surface area contributed by atoms with Crippen LogP contribution in [0.4, 0.5) is 14.6 Å². The van der Waals surface area contributed by atoms with Crippen molar-refractivity contribution in [2.45, 2.75) is 13.0 Å². The van der Waals surface area contributed by atoms with Crippen molar-refractivity contribution in [3.63, 3.8) is 0 Å². The Morgan fingerprint density at radius 2 is 1.97 bits per heavy atom. The molecule has 0 aliphatic rings. The molecule has 0 spiro atoms. The van der Waals surface area contributed by atoms with Crippen molar-refractivity contribution in [2.24, 2.45) is 0 Å². The van der Waals surface area contributed by atoms with Crippen molar-refractivity contribution in [3.05, 3.63) is 76.4 Å². The van der Waals surface area contributed by atoms with Gasteiger partial charge in [-0.25, -0.2) is 13.8 Å². The van der Waals surface area contributed by atoms with Crippen molar-refractivity contribution >= 4 is 28.0 Å². The fraction of sp³-hybridized carbons (Fsp3) is 0.130. The maximum Gasteiger partial charge on any atom is 0.320 e. The van der Waals surface area contributed by atoms with Crippen LogP contribution in [0.3, 0.4) is 0 Å². The second kappa shape index (κ2) is 7.97. The number of fused-ring (bicyclic) bond motifs is 2. The van der Waals surface area contributed by atoms with E-state index in [1.165, 1.54) is 49.8 Å². The molecule has 2 N–H and O–H groups in total. The minimum Gasteiger partial charge on any atom is -0.467 e. The Labute approximate surface area is 185 Å². The second-order valence-corrected chi connectivity index (χ2v) is 7.32. The summed E-state index contributed by atoms with van der Waals surface area (Å²) in [5.74, 6) is -0.738. The third-order valence-corrected chi connectivity index (χ3v) is 5.20. The maximum absolute atomic E-state index is 14.5. The lowest BCUT2D eigenvalue weighted by Crippen LogP contribution is -2.17. The molecular formula is C23H17F2N5O3. The van der Waals surface area contributed by atoms with Gasteiger partial charge in [0.15, 0.2) is 17.0 Å². The highest BCUT2D eigenvalue weighted by Crippen LogP contribution is 2.32. The zero-order valence-electron chi connectivity index (χ0n) is 17.5. The molecule has 0 bridgehead atoms. The fourth-order valence-electron chi connectivity index (χ4n) is 3.72. The quantitative estimate of drug-likeness (QED) is 0.404. The number of rotatable bonds is 5. The van der Waals surface area contributed by atoms with Gasteiger partial charge in [-0.3, -0.25) is 4.79 Å². The molecule has 0 fully saturated rings. The molecule has 166 valence electrons. The van der Waals surface area contributed by atoms with Crippen LogP contribution in [0.1, 0.15) is 18.7 Å². The van der Waals surface area contributed by atoms with E-state index in [-0.39, 0.29) is 33.9 Å². The number of methoxy groups -OCH3 is 1. The van der Waals surface area contributed by atoms with Crippen LogP contribution in [0.2, 0.25) is 0 Å². The van der Waals surface area contributed by atoms with Crippen LogP contribution in [0.15, 0.2) is 58.0 Å². The van der Waals surface area contributed by atoms with Crippen LogP contribution >= 0.6 is 0 Å². The Morgan fingerprint density at radius 3 is 2.76 bits per heavy atom. The number of nitrogens with zero attached hydrogens (tertiary/aromatic N) is 3. The number of nitrogens with one attached hydrogen (secondary N) is 2. The van der Waals surface area contributed by atoms with Crippen molar-refractivity contribution < 1.29 is 17.9 Å². The molecule has 0 saturated carbocycles. The van der Waals surface area contributed by atoms with Gasteiger partial charge in [0.2, 0.25) is 5.43 Å². The van der Waals surface area contributed by atoms with E-state index in [4.69, 9.17) is 9.15 Å². The monoisotopic (exact) mass is 449 g/mol. The summed E-state index contributed by atoms with van der Waals surface area (Å²) in [5, 5.41) is 2.96. The lowest BCUT2D eigenvalue weighted by molar-refractivity contribution is 0.382. The summed E-state index contributed by atoms with van der Waals surface area (Å²) in [5.41, 5.74) is 0.685. The van der Waals surface area contributed by atoms with E-state index < -0.39 is 23.1 Å². The van der Waals surface area contributed by atoms with Crippen molar-refractivity contribution in [1.29, 1.82) is 0 Å². The normalized spacial score (nSPS) is 12.2. The SMILES string of the molecule is COc1nc(N[C@H](C)c2oc3cccc(F)c3c(=O)c2-c2cccc(F)c2)c2nc[nH]c2n1. The lowest BCUT2D eigenvalue weighted by Gasteiger charge is -2.18. The molecule has 1 atom stereocenters. The van der Waals surface area contributed by atoms with Gasteiger partial charge in [-0.1, -0.05) is 18.2 Å². The molecule has 5 aromatic rings. The molecule has 0 saturated heterocycles. The van der Waals surface area contributed by atoms with Gasteiger partial charge in [0.05, 0.1) is 25.0 Å². The summed E-state index contributed by atoms with van der Waals surface area (Å²) in [6.07, 6.45) is 1.46. The molecule has 2 aromatic carbocycles.